The van der Waals surface area contributed by atoms with E-state index in [0.29, 0.717) is 19.1 Å². The number of aromatic nitrogens is 4. The van der Waals surface area contributed by atoms with E-state index in [0.717, 1.165) is 17.2 Å². The average molecular weight is 325 g/mol. The predicted molar refractivity (Wildman–Crippen MR) is 90.9 cm³/mol. The molecule has 0 saturated carbocycles. The van der Waals surface area contributed by atoms with Crippen LogP contribution in [0.5, 0.6) is 11.5 Å². The molecule has 0 aliphatic heterocycles. The highest BCUT2D eigenvalue weighted by atomic mass is 16.5. The van der Waals surface area contributed by atoms with Gasteiger partial charge in [0.15, 0.2) is 0 Å². The summed E-state index contributed by atoms with van der Waals surface area (Å²) in [5.74, 6) is 2.27. The monoisotopic (exact) mass is 325 g/mol. The lowest BCUT2D eigenvalue weighted by molar-refractivity contribution is 0.324. The highest BCUT2D eigenvalue weighted by molar-refractivity contribution is 5.39. The molecule has 7 nitrogen and oxygen atoms in total. The van der Waals surface area contributed by atoms with Crippen LogP contribution in [0.25, 0.3) is 5.69 Å². The van der Waals surface area contributed by atoms with E-state index in [9.17, 15) is 0 Å². The second-order valence-corrected chi connectivity index (χ2v) is 5.17. The van der Waals surface area contributed by atoms with Crippen LogP contribution in [0.3, 0.4) is 0 Å². The van der Waals surface area contributed by atoms with Gasteiger partial charge in [-0.15, -0.1) is 0 Å². The van der Waals surface area contributed by atoms with Gasteiger partial charge in [-0.1, -0.05) is 23.3 Å². The molecule has 0 aliphatic carbocycles. The quantitative estimate of drug-likeness (QED) is 0.663. The molecule has 0 aliphatic rings. The first-order chi connectivity index (χ1) is 11.8. The summed E-state index contributed by atoms with van der Waals surface area (Å²) < 4.78 is 12.6. The van der Waals surface area contributed by atoms with Crippen molar-refractivity contribution in [1.82, 2.24) is 20.2 Å². The van der Waals surface area contributed by atoms with Gasteiger partial charge in [0.25, 0.3) is 0 Å². The number of benzene rings is 2. The number of rotatable bonds is 7. The van der Waals surface area contributed by atoms with E-state index in [2.05, 4.69) is 15.5 Å². The summed E-state index contributed by atoms with van der Waals surface area (Å²) in [7, 11) is 3.57. The Morgan fingerprint density at radius 3 is 2.42 bits per heavy atom. The predicted octanol–water partition coefficient (Wildman–Crippen LogP) is 2.19. The van der Waals surface area contributed by atoms with Crippen LogP contribution in [0.1, 0.15) is 0 Å². The fourth-order valence-corrected chi connectivity index (χ4v) is 2.23. The van der Waals surface area contributed by atoms with E-state index in [1.807, 2.05) is 66.5 Å². The molecule has 24 heavy (non-hydrogen) atoms. The van der Waals surface area contributed by atoms with E-state index in [-0.39, 0.29) is 0 Å². The summed E-state index contributed by atoms with van der Waals surface area (Å²) in [6, 6.07) is 17.3. The third kappa shape index (κ3) is 3.62. The summed E-state index contributed by atoms with van der Waals surface area (Å²) >= 11 is 0. The van der Waals surface area contributed by atoms with Gasteiger partial charge in [0.1, 0.15) is 18.1 Å². The van der Waals surface area contributed by atoms with Gasteiger partial charge in [-0.3, -0.25) is 0 Å². The Balaban J connectivity index is 1.59. The van der Waals surface area contributed by atoms with Crippen LogP contribution in [0.4, 0.5) is 5.95 Å². The zero-order valence-electron chi connectivity index (χ0n) is 13.7. The van der Waals surface area contributed by atoms with Gasteiger partial charge in [0.2, 0.25) is 5.95 Å². The Morgan fingerprint density at radius 1 is 1.00 bits per heavy atom. The Hall–Kier alpha value is -3.09. The van der Waals surface area contributed by atoms with Crippen LogP contribution in [0.2, 0.25) is 0 Å². The molecule has 0 atom stereocenters. The molecule has 0 spiro atoms. The molecule has 0 N–H and O–H groups in total. The molecular weight excluding hydrogens is 306 g/mol. The maximum Gasteiger partial charge on any atom is 0.250 e. The minimum Gasteiger partial charge on any atom is -0.497 e. The molecule has 1 aromatic heterocycles. The maximum absolute atomic E-state index is 5.74. The first-order valence-electron chi connectivity index (χ1n) is 7.60. The van der Waals surface area contributed by atoms with Crippen molar-refractivity contribution in [1.29, 1.82) is 0 Å². The minimum absolute atomic E-state index is 0.518. The second-order valence-electron chi connectivity index (χ2n) is 5.17. The molecule has 124 valence electrons. The van der Waals surface area contributed by atoms with E-state index >= 15 is 0 Å². The van der Waals surface area contributed by atoms with Crippen LogP contribution in [0, 0.1) is 0 Å². The Bertz CT molecular complexity index is 758. The first-order valence-corrected chi connectivity index (χ1v) is 7.60. The highest BCUT2D eigenvalue weighted by Crippen LogP contribution is 2.17. The molecule has 1 heterocycles. The van der Waals surface area contributed by atoms with Gasteiger partial charge < -0.3 is 14.4 Å². The zero-order valence-corrected chi connectivity index (χ0v) is 13.7. The summed E-state index contributed by atoms with van der Waals surface area (Å²) in [6.07, 6.45) is 0. The van der Waals surface area contributed by atoms with Crippen molar-refractivity contribution in [2.75, 3.05) is 32.2 Å². The standard InChI is InChI=1S/C17H19N5O2/c1-21(12-13-24-16-10-8-15(23-2)9-11-16)17-18-19-20-22(17)14-6-4-3-5-7-14/h3-11H,12-13H2,1-2H3. The number of likely N-dealkylation sites (N-methyl/N-ethyl adjacent to an activating group) is 1. The van der Waals surface area contributed by atoms with Crippen LogP contribution >= 0.6 is 0 Å². The minimum atomic E-state index is 0.518. The van der Waals surface area contributed by atoms with E-state index < -0.39 is 0 Å². The molecule has 0 unspecified atom stereocenters. The van der Waals surface area contributed by atoms with Crippen LogP contribution < -0.4 is 14.4 Å². The molecule has 0 fully saturated rings. The number of anilines is 1. The SMILES string of the molecule is COc1ccc(OCCN(C)c2nnnn2-c2ccccc2)cc1. The molecule has 3 rings (SSSR count). The van der Waals surface area contributed by atoms with Crippen molar-refractivity contribution in [2.45, 2.75) is 0 Å². The normalized spacial score (nSPS) is 10.4. The van der Waals surface area contributed by atoms with Crippen molar-refractivity contribution in [3.05, 3.63) is 54.6 Å². The summed E-state index contributed by atoms with van der Waals surface area (Å²) in [6.45, 7) is 1.17. The average Bonchev–Trinajstić information content (AvgIpc) is 3.13. The van der Waals surface area contributed by atoms with E-state index in [4.69, 9.17) is 9.47 Å². The van der Waals surface area contributed by atoms with Gasteiger partial charge in [-0.2, -0.15) is 4.68 Å². The maximum atomic E-state index is 5.74. The van der Waals surface area contributed by atoms with Gasteiger partial charge >= 0.3 is 0 Å². The zero-order chi connectivity index (χ0) is 16.8. The number of nitrogens with zero attached hydrogens (tertiary/aromatic N) is 5. The molecule has 0 amide bonds. The molecule has 0 radical (unpaired) electrons. The van der Waals surface area contributed by atoms with E-state index in [1.54, 1.807) is 11.8 Å². The molecule has 0 bridgehead atoms. The summed E-state index contributed by atoms with van der Waals surface area (Å²) in [5.41, 5.74) is 0.917. The molecule has 7 heteroatoms. The topological polar surface area (TPSA) is 65.3 Å². The molecule has 2 aromatic carbocycles. The Labute approximate surface area is 140 Å². The van der Waals surface area contributed by atoms with Gasteiger partial charge in [0.05, 0.1) is 19.3 Å². The van der Waals surface area contributed by atoms with Crippen molar-refractivity contribution in [3.63, 3.8) is 0 Å². The lowest BCUT2D eigenvalue weighted by atomic mass is 10.3. The van der Waals surface area contributed by atoms with Crippen molar-refractivity contribution in [2.24, 2.45) is 0 Å². The third-order valence-corrected chi connectivity index (χ3v) is 3.55. The lowest BCUT2D eigenvalue weighted by Gasteiger charge is -2.18. The van der Waals surface area contributed by atoms with Crippen LogP contribution in [-0.2, 0) is 0 Å². The number of hydrogen-bond donors (Lipinski definition) is 0. The van der Waals surface area contributed by atoms with Gasteiger partial charge in [0, 0.05) is 7.05 Å². The number of para-hydroxylation sites is 1. The Morgan fingerprint density at radius 2 is 1.71 bits per heavy atom. The second kappa shape index (κ2) is 7.45. The number of tetrazole rings is 1. The summed E-state index contributed by atoms with van der Waals surface area (Å²) in [5, 5.41) is 11.9. The molecule has 0 saturated heterocycles. The van der Waals surface area contributed by atoms with Crippen LogP contribution in [0.15, 0.2) is 54.6 Å². The first kappa shape index (κ1) is 15.8. The van der Waals surface area contributed by atoms with Gasteiger partial charge in [-0.25, -0.2) is 0 Å². The number of ether oxygens (including phenoxy) is 2. The van der Waals surface area contributed by atoms with Crippen molar-refractivity contribution < 1.29 is 9.47 Å². The largest absolute Gasteiger partial charge is 0.497 e. The fourth-order valence-electron chi connectivity index (χ4n) is 2.23. The van der Waals surface area contributed by atoms with Crippen LogP contribution in [-0.4, -0.2) is 47.5 Å². The van der Waals surface area contributed by atoms with Gasteiger partial charge in [-0.05, 0) is 46.8 Å². The third-order valence-electron chi connectivity index (χ3n) is 3.55. The Kier molecular flexibility index (Phi) is 4.90. The smallest absolute Gasteiger partial charge is 0.250 e. The molecule has 3 aromatic rings. The fraction of sp³-hybridized carbons (Fsp3) is 0.235. The lowest BCUT2D eigenvalue weighted by Crippen LogP contribution is -2.26. The summed E-state index contributed by atoms with van der Waals surface area (Å²) in [4.78, 5) is 1.95. The van der Waals surface area contributed by atoms with Crippen molar-refractivity contribution >= 4 is 5.95 Å². The molecular formula is C17H19N5O2. The number of hydrogen-bond acceptors (Lipinski definition) is 6. The van der Waals surface area contributed by atoms with E-state index in [1.165, 1.54) is 0 Å². The van der Waals surface area contributed by atoms with Crippen molar-refractivity contribution in [3.8, 4) is 17.2 Å². The highest BCUT2D eigenvalue weighted by Gasteiger charge is 2.12. The number of methoxy groups -OCH3 is 1.